The van der Waals surface area contributed by atoms with Crippen molar-refractivity contribution in [3.05, 3.63) is 0 Å². The second-order valence-corrected chi connectivity index (χ2v) is 13.2. The van der Waals surface area contributed by atoms with Crippen LogP contribution in [0.1, 0.15) is 19.8 Å². The van der Waals surface area contributed by atoms with Gasteiger partial charge >= 0.3 is 40.5 Å². The molecule has 0 aromatic rings. The molecule has 85 valence electrons. The number of rotatable bonds is 5. The molecule has 0 bridgehead atoms. The molecule has 0 aromatic carbocycles. The predicted molar refractivity (Wildman–Crippen MR) is 64.4 cm³/mol. The van der Waals surface area contributed by atoms with E-state index >= 15 is 0 Å². The maximum absolute atomic E-state index is 10.0. The Morgan fingerprint density at radius 2 is 1.86 bits per heavy atom. The van der Waals surface area contributed by atoms with E-state index in [2.05, 4.69) is 14.8 Å². The molecule has 0 aliphatic carbocycles. The van der Waals surface area contributed by atoms with Crippen molar-refractivity contribution < 1.29 is 15.0 Å². The first-order chi connectivity index (χ1) is 6.41. The third-order valence-corrected chi connectivity index (χ3v) is 2.03. The fourth-order valence-corrected chi connectivity index (χ4v) is 1.23. The minimum absolute atomic E-state index is 0.543. The number of hydrogen-bond donors (Lipinski definition) is 2. The molecule has 14 heavy (non-hydrogen) atoms. The van der Waals surface area contributed by atoms with Crippen LogP contribution in [0, 0.1) is 0 Å². The summed E-state index contributed by atoms with van der Waals surface area (Å²) in [5.74, 6) is -0.439. The van der Waals surface area contributed by atoms with Gasteiger partial charge in [0.15, 0.2) is 5.44 Å². The molecule has 5 heteroatoms. The van der Waals surface area contributed by atoms with Gasteiger partial charge in [-0.25, -0.2) is 4.79 Å². The monoisotopic (exact) mass is 329 g/mol. The van der Waals surface area contributed by atoms with Crippen LogP contribution in [-0.4, -0.2) is 47.1 Å². The first-order valence-corrected chi connectivity index (χ1v) is 14.3. The molecular formula is C9H21O3SSn. The zero-order valence-corrected chi connectivity index (χ0v) is 13.1. The van der Waals surface area contributed by atoms with Gasteiger partial charge in [0.05, 0.1) is 0 Å². The Labute approximate surface area is 98.0 Å². The van der Waals surface area contributed by atoms with Crippen molar-refractivity contribution in [1.29, 1.82) is 0 Å². The Hall–Kier alpha value is 0.579. The number of carbonyl (C=O) groups is 1. The van der Waals surface area contributed by atoms with E-state index in [1.54, 1.807) is 0 Å². The zero-order valence-electron chi connectivity index (χ0n) is 9.41. The molecule has 0 saturated carbocycles. The van der Waals surface area contributed by atoms with Crippen molar-refractivity contribution in [1.82, 2.24) is 0 Å². The number of aliphatic hydroxyl groups is 1. The standard InChI is InChI=1S/C6H12O3S.3CH3.Sn/c1-2-3-4-10-6(9)5(7)8;;;;/h6,9H,2-4H2,1H3,(H,7,8);3*1H3;. The summed E-state index contributed by atoms with van der Waals surface area (Å²) in [5.41, 5.74) is -1.24. The van der Waals surface area contributed by atoms with Gasteiger partial charge in [-0.05, 0) is 12.2 Å². The number of carboxylic acids is 1. The molecule has 0 aromatic heterocycles. The second kappa shape index (κ2) is 11.7. The van der Waals surface area contributed by atoms with Gasteiger partial charge in [0.1, 0.15) is 0 Å². The molecule has 2 N–H and O–H groups in total. The molecule has 0 rings (SSSR count). The van der Waals surface area contributed by atoms with Crippen molar-refractivity contribution in [2.75, 3.05) is 5.75 Å². The quantitative estimate of drug-likeness (QED) is 0.462. The number of thioether (sulfide) groups is 1. The third-order valence-electron chi connectivity index (χ3n) is 0.985. The van der Waals surface area contributed by atoms with E-state index in [0.717, 1.165) is 24.6 Å². The van der Waals surface area contributed by atoms with Crippen LogP contribution in [0.5, 0.6) is 0 Å². The second-order valence-electron chi connectivity index (χ2n) is 3.41. The molecule has 0 spiro atoms. The van der Waals surface area contributed by atoms with Crippen LogP contribution < -0.4 is 0 Å². The van der Waals surface area contributed by atoms with E-state index in [1.165, 1.54) is 0 Å². The summed E-state index contributed by atoms with van der Waals surface area (Å²) in [7, 11) is 0. The molecule has 3 nitrogen and oxygen atoms in total. The number of aliphatic carboxylic acids is 1. The summed E-state index contributed by atoms with van der Waals surface area (Å²) in [6.45, 7) is 2.02. The summed E-state index contributed by atoms with van der Waals surface area (Å²) in [5, 5.41) is 16.9. The maximum atomic E-state index is 10.0. The van der Waals surface area contributed by atoms with E-state index in [9.17, 15) is 4.79 Å². The van der Waals surface area contributed by atoms with Crippen LogP contribution in [0.4, 0.5) is 0 Å². The van der Waals surface area contributed by atoms with Gasteiger partial charge in [-0.15, -0.1) is 11.8 Å². The Balaban J connectivity index is 0. The van der Waals surface area contributed by atoms with Gasteiger partial charge in [0, 0.05) is 0 Å². The molecule has 1 atom stereocenters. The summed E-state index contributed by atoms with van der Waals surface area (Å²) >= 11 is 0.522. The van der Waals surface area contributed by atoms with Crippen LogP contribution in [0.2, 0.25) is 14.8 Å². The predicted octanol–water partition coefficient (Wildman–Crippen LogP) is 2.29. The van der Waals surface area contributed by atoms with Crippen molar-refractivity contribution in [2.45, 2.75) is 40.0 Å². The summed E-state index contributed by atoms with van der Waals surface area (Å²) < 4.78 is 0. The molecule has 0 aliphatic rings. The van der Waals surface area contributed by atoms with E-state index in [1.807, 2.05) is 6.92 Å². The third kappa shape index (κ3) is 18.4. The van der Waals surface area contributed by atoms with Crippen LogP contribution in [-0.2, 0) is 4.79 Å². The summed E-state index contributed by atoms with van der Waals surface area (Å²) in [4.78, 5) is 17.1. The van der Waals surface area contributed by atoms with Gasteiger partial charge in [0.2, 0.25) is 0 Å². The van der Waals surface area contributed by atoms with Crippen molar-refractivity contribution in [3.8, 4) is 0 Å². The first kappa shape index (κ1) is 17.0. The van der Waals surface area contributed by atoms with Crippen LogP contribution in [0.3, 0.4) is 0 Å². The summed E-state index contributed by atoms with van der Waals surface area (Å²) in [6, 6.07) is 0. The molecule has 0 aliphatic heterocycles. The van der Waals surface area contributed by atoms with Crippen molar-refractivity contribution >= 4 is 37.5 Å². The number of carboxylic acid groups (broad SMARTS) is 1. The Morgan fingerprint density at radius 3 is 2.14 bits per heavy atom. The van der Waals surface area contributed by atoms with Gasteiger partial charge in [-0.3, -0.25) is 0 Å². The van der Waals surface area contributed by atoms with E-state index < -0.39 is 31.2 Å². The van der Waals surface area contributed by atoms with Crippen molar-refractivity contribution in [2.24, 2.45) is 0 Å². The van der Waals surface area contributed by atoms with Gasteiger partial charge in [0.25, 0.3) is 0 Å². The molecule has 1 unspecified atom stereocenters. The topological polar surface area (TPSA) is 57.5 Å². The molecule has 0 saturated heterocycles. The Bertz CT molecular complexity index is 139. The molecular weight excluding hydrogens is 307 g/mol. The van der Waals surface area contributed by atoms with Gasteiger partial charge in [-0.2, -0.15) is 0 Å². The number of unbranched alkanes of at least 4 members (excludes halogenated alkanes) is 1. The van der Waals surface area contributed by atoms with Crippen LogP contribution >= 0.6 is 11.8 Å². The minimum atomic E-state index is -1.24. The molecule has 0 heterocycles. The van der Waals surface area contributed by atoms with E-state index in [4.69, 9.17) is 10.2 Å². The molecule has 1 radical (unpaired) electrons. The van der Waals surface area contributed by atoms with Crippen molar-refractivity contribution in [3.63, 3.8) is 0 Å². The van der Waals surface area contributed by atoms with Gasteiger partial charge < -0.3 is 10.2 Å². The Kier molecular flexibility index (Phi) is 14.1. The van der Waals surface area contributed by atoms with Gasteiger partial charge in [-0.1, -0.05) is 13.3 Å². The average Bonchev–Trinajstić information content (AvgIpc) is 2.03. The van der Waals surface area contributed by atoms with E-state index in [-0.39, 0.29) is 0 Å². The van der Waals surface area contributed by atoms with Crippen LogP contribution in [0.25, 0.3) is 0 Å². The fourth-order valence-electron chi connectivity index (χ4n) is 0.411. The fraction of sp³-hybridized carbons (Fsp3) is 0.889. The zero-order chi connectivity index (χ0) is 11.6. The van der Waals surface area contributed by atoms with Crippen LogP contribution in [0.15, 0.2) is 0 Å². The normalized spacial score (nSPS) is 11.9. The number of aliphatic hydroxyl groups excluding tert-OH is 1. The molecule has 0 fully saturated rings. The average molecular weight is 328 g/mol. The summed E-state index contributed by atoms with van der Waals surface area (Å²) in [6.07, 6.45) is 1.98. The Morgan fingerprint density at radius 1 is 1.43 bits per heavy atom. The first-order valence-electron chi connectivity index (χ1n) is 4.71. The SMILES string of the molecule is CCCCSC(O)C(=O)O.[CH3][Sn]([CH3])[CH3]. The molecule has 0 amide bonds. The number of hydrogen-bond acceptors (Lipinski definition) is 3. The van der Waals surface area contributed by atoms with E-state index in [0.29, 0.717) is 5.75 Å².